The van der Waals surface area contributed by atoms with Gasteiger partial charge >= 0.3 is 0 Å². The first-order valence-electron chi connectivity index (χ1n) is 5.70. The maximum Gasteiger partial charge on any atom is 0.290 e. The standard InChI is InChI=1S/C14H15NO3/c1-14(2,3)9-6-4-5-8-10(16)7-11(17)13(18)15-12(8)9/h4-7,17H,1-3H3,(H,15,18). The molecule has 2 aromatic rings. The first-order chi connectivity index (χ1) is 8.30. The normalized spacial score (nSPS) is 11.7. The van der Waals surface area contributed by atoms with Crippen molar-refractivity contribution in [2.24, 2.45) is 0 Å². The van der Waals surface area contributed by atoms with E-state index in [-0.39, 0.29) is 10.8 Å². The fourth-order valence-electron chi connectivity index (χ4n) is 1.96. The minimum absolute atomic E-state index is 0.209. The first-order valence-corrected chi connectivity index (χ1v) is 5.70. The fourth-order valence-corrected chi connectivity index (χ4v) is 1.96. The number of aromatic hydroxyl groups is 1. The molecule has 1 aromatic carbocycles. The van der Waals surface area contributed by atoms with Gasteiger partial charge in [0.05, 0.1) is 5.52 Å². The lowest BCUT2D eigenvalue weighted by Crippen LogP contribution is -2.14. The number of nitrogens with one attached hydrogen (secondary N) is 1. The summed E-state index contributed by atoms with van der Waals surface area (Å²) in [4.78, 5) is 26.1. The zero-order chi connectivity index (χ0) is 13.5. The Labute approximate surface area is 104 Å². The first kappa shape index (κ1) is 12.4. The number of aromatic nitrogens is 1. The lowest BCUT2D eigenvalue weighted by molar-refractivity contribution is 0.468. The molecule has 0 saturated carbocycles. The molecule has 94 valence electrons. The number of hydrogen-bond acceptors (Lipinski definition) is 3. The van der Waals surface area contributed by atoms with Crippen molar-refractivity contribution in [2.75, 3.05) is 0 Å². The predicted octanol–water partition coefficient (Wildman–Crippen LogP) is 1.89. The Kier molecular flexibility index (Phi) is 2.73. The van der Waals surface area contributed by atoms with E-state index in [9.17, 15) is 14.7 Å². The van der Waals surface area contributed by atoms with Crippen LogP contribution in [0, 0.1) is 0 Å². The van der Waals surface area contributed by atoms with Crippen LogP contribution in [0.1, 0.15) is 26.3 Å². The summed E-state index contributed by atoms with van der Waals surface area (Å²) >= 11 is 0. The van der Waals surface area contributed by atoms with Crippen LogP contribution < -0.4 is 11.0 Å². The van der Waals surface area contributed by atoms with Gasteiger partial charge in [-0.15, -0.1) is 0 Å². The van der Waals surface area contributed by atoms with Gasteiger partial charge in [0.15, 0.2) is 11.2 Å². The van der Waals surface area contributed by atoms with Gasteiger partial charge in [-0.25, -0.2) is 0 Å². The molecule has 0 fully saturated rings. The summed E-state index contributed by atoms with van der Waals surface area (Å²) < 4.78 is 0. The van der Waals surface area contributed by atoms with Crippen LogP contribution in [0.3, 0.4) is 0 Å². The van der Waals surface area contributed by atoms with E-state index in [1.807, 2.05) is 26.8 Å². The SMILES string of the molecule is CC(C)(C)c1cccc2c(=O)cc(O)c(=O)[nH]c12. The average molecular weight is 245 g/mol. The van der Waals surface area contributed by atoms with E-state index in [0.29, 0.717) is 10.9 Å². The molecular formula is C14H15NO3. The summed E-state index contributed by atoms with van der Waals surface area (Å²) in [5.74, 6) is -0.559. The number of fused-ring (bicyclic) bond motifs is 1. The van der Waals surface area contributed by atoms with Crippen molar-refractivity contribution in [3.63, 3.8) is 0 Å². The van der Waals surface area contributed by atoms with Gasteiger partial charge < -0.3 is 10.1 Å². The Morgan fingerprint density at radius 1 is 1.17 bits per heavy atom. The molecule has 0 bridgehead atoms. The second kappa shape index (κ2) is 3.98. The van der Waals surface area contributed by atoms with E-state index in [4.69, 9.17) is 0 Å². The van der Waals surface area contributed by atoms with Crippen molar-refractivity contribution in [1.82, 2.24) is 4.98 Å². The molecular weight excluding hydrogens is 230 g/mol. The van der Waals surface area contributed by atoms with Gasteiger partial charge in [-0.1, -0.05) is 32.9 Å². The molecule has 2 N–H and O–H groups in total. The molecule has 4 heteroatoms. The topological polar surface area (TPSA) is 70.2 Å². The van der Waals surface area contributed by atoms with Crippen LogP contribution in [0.5, 0.6) is 5.75 Å². The number of para-hydroxylation sites is 1. The van der Waals surface area contributed by atoms with Crippen molar-refractivity contribution in [2.45, 2.75) is 26.2 Å². The number of H-pyrrole nitrogens is 1. The monoisotopic (exact) mass is 245 g/mol. The van der Waals surface area contributed by atoms with Crippen molar-refractivity contribution in [3.05, 3.63) is 50.4 Å². The Hall–Kier alpha value is -2.10. The zero-order valence-electron chi connectivity index (χ0n) is 10.6. The second-order valence-corrected chi connectivity index (χ2v) is 5.33. The number of rotatable bonds is 0. The molecule has 0 aliphatic heterocycles. The molecule has 0 aliphatic carbocycles. The summed E-state index contributed by atoms with van der Waals surface area (Å²) in [5, 5.41) is 9.82. The highest BCUT2D eigenvalue weighted by Gasteiger charge is 2.18. The van der Waals surface area contributed by atoms with Gasteiger partial charge in [0, 0.05) is 11.5 Å². The van der Waals surface area contributed by atoms with Crippen molar-refractivity contribution in [1.29, 1.82) is 0 Å². The molecule has 0 unspecified atom stereocenters. The van der Waals surface area contributed by atoms with Crippen molar-refractivity contribution < 1.29 is 5.11 Å². The summed E-state index contributed by atoms with van der Waals surface area (Å²) in [5.41, 5.74) is 0.120. The molecule has 0 amide bonds. The van der Waals surface area contributed by atoms with E-state index in [1.165, 1.54) is 0 Å². The molecule has 0 atom stereocenters. The number of aromatic amines is 1. The van der Waals surface area contributed by atoms with E-state index < -0.39 is 11.3 Å². The Morgan fingerprint density at radius 2 is 1.83 bits per heavy atom. The zero-order valence-corrected chi connectivity index (χ0v) is 10.6. The molecule has 0 radical (unpaired) electrons. The Bertz CT molecular complexity index is 724. The van der Waals surface area contributed by atoms with Gasteiger partial charge in [0.2, 0.25) is 0 Å². The van der Waals surface area contributed by atoms with Crippen LogP contribution in [0.15, 0.2) is 33.9 Å². The van der Waals surface area contributed by atoms with E-state index >= 15 is 0 Å². The Morgan fingerprint density at radius 3 is 2.44 bits per heavy atom. The highest BCUT2D eigenvalue weighted by Crippen LogP contribution is 2.26. The Balaban J connectivity index is 3.09. The average Bonchev–Trinajstić information content (AvgIpc) is 2.36. The van der Waals surface area contributed by atoms with Crippen LogP contribution in [-0.4, -0.2) is 10.1 Å². The van der Waals surface area contributed by atoms with E-state index in [0.717, 1.165) is 11.6 Å². The quantitative estimate of drug-likeness (QED) is 0.744. The van der Waals surface area contributed by atoms with E-state index in [1.54, 1.807) is 12.1 Å². The highest BCUT2D eigenvalue weighted by atomic mass is 16.3. The second-order valence-electron chi connectivity index (χ2n) is 5.33. The fraction of sp³-hybridized carbons (Fsp3) is 0.286. The van der Waals surface area contributed by atoms with Crippen LogP contribution in [0.4, 0.5) is 0 Å². The van der Waals surface area contributed by atoms with Crippen LogP contribution >= 0.6 is 0 Å². The van der Waals surface area contributed by atoms with Crippen LogP contribution in [-0.2, 0) is 5.41 Å². The smallest absolute Gasteiger partial charge is 0.290 e. The maximum atomic E-state index is 11.9. The highest BCUT2D eigenvalue weighted by molar-refractivity contribution is 5.82. The molecule has 18 heavy (non-hydrogen) atoms. The van der Waals surface area contributed by atoms with Gasteiger partial charge in [-0.05, 0) is 17.0 Å². The van der Waals surface area contributed by atoms with Crippen LogP contribution in [0.2, 0.25) is 0 Å². The van der Waals surface area contributed by atoms with Gasteiger partial charge in [-0.3, -0.25) is 9.59 Å². The summed E-state index contributed by atoms with van der Waals surface area (Å²) in [6.07, 6.45) is 0. The third kappa shape index (κ3) is 2.01. The van der Waals surface area contributed by atoms with E-state index in [2.05, 4.69) is 4.98 Å². The summed E-state index contributed by atoms with van der Waals surface area (Å²) in [7, 11) is 0. The van der Waals surface area contributed by atoms with Gasteiger partial charge in [0.25, 0.3) is 5.56 Å². The molecule has 0 aliphatic rings. The lowest BCUT2D eigenvalue weighted by Gasteiger charge is -2.19. The maximum absolute atomic E-state index is 11.9. The van der Waals surface area contributed by atoms with Crippen LogP contribution in [0.25, 0.3) is 10.9 Å². The molecule has 1 heterocycles. The van der Waals surface area contributed by atoms with Crippen molar-refractivity contribution >= 4 is 10.9 Å². The summed E-state index contributed by atoms with van der Waals surface area (Å²) in [6.45, 7) is 5.99. The lowest BCUT2D eigenvalue weighted by atomic mass is 9.85. The number of benzene rings is 1. The largest absolute Gasteiger partial charge is 0.503 e. The number of hydrogen-bond donors (Lipinski definition) is 2. The molecule has 4 nitrogen and oxygen atoms in total. The molecule has 2 rings (SSSR count). The summed E-state index contributed by atoms with van der Waals surface area (Å²) in [6, 6.07) is 6.24. The molecule has 0 spiro atoms. The van der Waals surface area contributed by atoms with Gasteiger partial charge in [0.1, 0.15) is 0 Å². The minimum Gasteiger partial charge on any atom is -0.503 e. The van der Waals surface area contributed by atoms with Crippen molar-refractivity contribution in [3.8, 4) is 5.75 Å². The molecule has 1 aromatic heterocycles. The predicted molar refractivity (Wildman–Crippen MR) is 71.2 cm³/mol. The van der Waals surface area contributed by atoms with Gasteiger partial charge in [-0.2, -0.15) is 0 Å². The third-order valence-electron chi connectivity index (χ3n) is 2.88. The minimum atomic E-state index is -0.654. The third-order valence-corrected chi connectivity index (χ3v) is 2.88. The molecule has 0 saturated heterocycles.